The maximum Gasteiger partial charge on any atom is 0.242 e. The number of guanidine groups is 1. The van der Waals surface area contributed by atoms with E-state index in [4.69, 9.17) is 4.52 Å². The summed E-state index contributed by atoms with van der Waals surface area (Å²) in [5.74, 6) is 1.69. The number of fused-ring (bicyclic) bond motifs is 1. The second-order valence-electron chi connectivity index (χ2n) is 6.99. The molecule has 2 N–H and O–H groups in total. The molecule has 0 spiro atoms. The maximum absolute atomic E-state index is 12.5. The van der Waals surface area contributed by atoms with Crippen molar-refractivity contribution < 1.29 is 9.32 Å². The molecule has 0 saturated heterocycles. The lowest BCUT2D eigenvalue weighted by atomic mass is 10.00. The van der Waals surface area contributed by atoms with E-state index in [1.54, 1.807) is 7.05 Å². The Labute approximate surface area is 159 Å². The van der Waals surface area contributed by atoms with E-state index in [1.807, 2.05) is 23.1 Å². The average Bonchev–Trinajstić information content (AvgIpc) is 3.17. The summed E-state index contributed by atoms with van der Waals surface area (Å²) >= 11 is 0. The molecule has 0 radical (unpaired) electrons. The van der Waals surface area contributed by atoms with Crippen molar-refractivity contribution in [2.75, 3.05) is 20.1 Å². The third-order valence-electron chi connectivity index (χ3n) is 4.71. The topological polar surface area (TPSA) is 82.8 Å². The fourth-order valence-electron chi connectivity index (χ4n) is 3.06. The summed E-state index contributed by atoms with van der Waals surface area (Å²) in [4.78, 5) is 18.6. The van der Waals surface area contributed by atoms with Gasteiger partial charge in [0.25, 0.3) is 0 Å². The molecule has 1 aliphatic rings. The van der Waals surface area contributed by atoms with Gasteiger partial charge < -0.3 is 20.1 Å². The number of benzene rings is 1. The lowest BCUT2D eigenvalue weighted by Gasteiger charge is -2.29. The highest BCUT2D eigenvalue weighted by Crippen LogP contribution is 2.18. The summed E-state index contributed by atoms with van der Waals surface area (Å²) < 4.78 is 5.30. The van der Waals surface area contributed by atoms with Gasteiger partial charge in [0.1, 0.15) is 0 Å². The van der Waals surface area contributed by atoms with Crippen LogP contribution in [-0.2, 0) is 24.3 Å². The highest BCUT2D eigenvalue weighted by Gasteiger charge is 2.20. The predicted octanol–water partition coefficient (Wildman–Crippen LogP) is 2.05. The van der Waals surface area contributed by atoms with Crippen molar-refractivity contribution in [1.29, 1.82) is 0 Å². The van der Waals surface area contributed by atoms with Gasteiger partial charge in [0.15, 0.2) is 11.7 Å². The molecule has 0 unspecified atom stereocenters. The fourth-order valence-corrected chi connectivity index (χ4v) is 3.06. The summed E-state index contributed by atoms with van der Waals surface area (Å²) in [5.41, 5.74) is 3.49. The zero-order valence-corrected chi connectivity index (χ0v) is 16.2. The summed E-state index contributed by atoms with van der Waals surface area (Å²) in [6.45, 7) is 6.22. The number of carbonyl (C=O) groups excluding carboxylic acids is 1. The molecule has 0 saturated carbocycles. The van der Waals surface area contributed by atoms with Gasteiger partial charge in [-0.2, -0.15) is 0 Å². The fraction of sp³-hybridized carbons (Fsp3) is 0.450. The normalized spacial score (nSPS) is 14.2. The molecule has 0 atom stereocenters. The lowest BCUT2D eigenvalue weighted by Crippen LogP contribution is -2.45. The Morgan fingerprint density at radius 3 is 2.78 bits per heavy atom. The molecule has 2 heterocycles. The van der Waals surface area contributed by atoms with Gasteiger partial charge in [-0.3, -0.25) is 9.79 Å². The van der Waals surface area contributed by atoms with Crippen LogP contribution in [0.3, 0.4) is 0 Å². The van der Waals surface area contributed by atoms with Crippen molar-refractivity contribution in [3.05, 3.63) is 52.9 Å². The zero-order valence-electron chi connectivity index (χ0n) is 16.2. The van der Waals surface area contributed by atoms with Crippen LogP contribution >= 0.6 is 0 Å². The predicted molar refractivity (Wildman–Crippen MR) is 104 cm³/mol. The van der Waals surface area contributed by atoms with Gasteiger partial charge in [0, 0.05) is 26.2 Å². The van der Waals surface area contributed by atoms with Crippen LogP contribution in [0.5, 0.6) is 0 Å². The first-order chi connectivity index (χ1) is 13.1. The summed E-state index contributed by atoms with van der Waals surface area (Å²) in [6, 6.07) is 10.2. The van der Waals surface area contributed by atoms with Crippen LogP contribution in [0.2, 0.25) is 0 Å². The molecular formula is C20H27N5O2. The Balaban J connectivity index is 1.47. The van der Waals surface area contributed by atoms with E-state index in [9.17, 15) is 4.79 Å². The van der Waals surface area contributed by atoms with Crippen LogP contribution in [0.25, 0.3) is 0 Å². The molecule has 0 fully saturated rings. The number of aliphatic imine (C=N–C) groups is 1. The third-order valence-corrected chi connectivity index (χ3v) is 4.71. The van der Waals surface area contributed by atoms with Crippen molar-refractivity contribution in [3.8, 4) is 0 Å². The average molecular weight is 369 g/mol. The molecule has 3 rings (SSSR count). The number of nitrogens with zero attached hydrogens (tertiary/aromatic N) is 3. The molecule has 2 aromatic rings. The molecule has 0 bridgehead atoms. The van der Waals surface area contributed by atoms with Crippen LogP contribution in [-0.4, -0.2) is 42.1 Å². The molecule has 27 heavy (non-hydrogen) atoms. The molecule has 7 nitrogen and oxygen atoms in total. The molecule has 7 heteroatoms. The Kier molecular flexibility index (Phi) is 6.11. The van der Waals surface area contributed by atoms with Gasteiger partial charge >= 0.3 is 0 Å². The maximum atomic E-state index is 12.5. The monoisotopic (exact) mass is 369 g/mol. The van der Waals surface area contributed by atoms with Gasteiger partial charge in [-0.25, -0.2) is 0 Å². The minimum absolute atomic E-state index is 0.0641. The SMILES string of the molecule is CN=C(NCC(=O)N1CCc2ccccc2C1)NCc1cc(C(C)C)no1. The highest BCUT2D eigenvalue weighted by molar-refractivity contribution is 5.86. The van der Waals surface area contributed by atoms with E-state index in [0.29, 0.717) is 25.0 Å². The van der Waals surface area contributed by atoms with Crippen molar-refractivity contribution in [2.24, 2.45) is 4.99 Å². The first-order valence-corrected chi connectivity index (χ1v) is 9.31. The van der Waals surface area contributed by atoms with E-state index < -0.39 is 0 Å². The number of aromatic nitrogens is 1. The van der Waals surface area contributed by atoms with E-state index in [0.717, 1.165) is 24.4 Å². The summed E-state index contributed by atoms with van der Waals surface area (Å²) in [6.07, 6.45) is 0.901. The second kappa shape index (κ2) is 8.70. The molecule has 144 valence electrons. The minimum atomic E-state index is 0.0641. The van der Waals surface area contributed by atoms with Gasteiger partial charge in [-0.05, 0) is 23.5 Å². The largest absolute Gasteiger partial charge is 0.359 e. The van der Waals surface area contributed by atoms with Crippen molar-refractivity contribution in [1.82, 2.24) is 20.7 Å². The van der Waals surface area contributed by atoms with Gasteiger partial charge in [0.2, 0.25) is 5.91 Å². The van der Waals surface area contributed by atoms with E-state index in [2.05, 4.69) is 46.8 Å². The molecule has 1 amide bonds. The van der Waals surface area contributed by atoms with Crippen LogP contribution in [0.4, 0.5) is 0 Å². The number of hydrogen-bond donors (Lipinski definition) is 2. The minimum Gasteiger partial charge on any atom is -0.359 e. The quantitative estimate of drug-likeness (QED) is 0.623. The van der Waals surface area contributed by atoms with Gasteiger partial charge in [-0.15, -0.1) is 0 Å². The van der Waals surface area contributed by atoms with E-state index in [-0.39, 0.29) is 12.5 Å². The highest BCUT2D eigenvalue weighted by atomic mass is 16.5. The number of amides is 1. The molecule has 1 aliphatic heterocycles. The van der Waals surface area contributed by atoms with Crippen LogP contribution in [0.1, 0.15) is 42.3 Å². The first-order valence-electron chi connectivity index (χ1n) is 9.31. The standard InChI is InChI=1S/C20H27N5O2/c1-14(2)18-10-17(27-24-18)11-22-20(21-3)23-12-19(26)25-9-8-15-6-4-5-7-16(15)13-25/h4-7,10,14H,8-9,11-13H2,1-3H3,(H2,21,22,23). The van der Waals surface area contributed by atoms with Gasteiger partial charge in [0.05, 0.1) is 18.8 Å². The van der Waals surface area contributed by atoms with Crippen molar-refractivity contribution in [2.45, 2.75) is 39.3 Å². The van der Waals surface area contributed by atoms with Crippen LogP contribution in [0, 0.1) is 0 Å². The molecule has 1 aromatic carbocycles. The lowest BCUT2D eigenvalue weighted by molar-refractivity contribution is -0.130. The van der Waals surface area contributed by atoms with Crippen molar-refractivity contribution >= 4 is 11.9 Å². The van der Waals surface area contributed by atoms with Crippen molar-refractivity contribution in [3.63, 3.8) is 0 Å². The number of nitrogens with one attached hydrogen (secondary N) is 2. The first kappa shape index (κ1) is 18.9. The molecule has 1 aromatic heterocycles. The number of hydrogen-bond acceptors (Lipinski definition) is 4. The molecular weight excluding hydrogens is 342 g/mol. The Hall–Kier alpha value is -2.83. The number of rotatable bonds is 5. The summed E-state index contributed by atoms with van der Waals surface area (Å²) in [7, 11) is 1.68. The van der Waals surface area contributed by atoms with Crippen LogP contribution < -0.4 is 10.6 Å². The van der Waals surface area contributed by atoms with E-state index >= 15 is 0 Å². The number of carbonyl (C=O) groups is 1. The van der Waals surface area contributed by atoms with Crippen LogP contribution in [0.15, 0.2) is 39.8 Å². The zero-order chi connectivity index (χ0) is 19.2. The van der Waals surface area contributed by atoms with Gasteiger partial charge in [-0.1, -0.05) is 43.3 Å². The Morgan fingerprint density at radius 1 is 1.30 bits per heavy atom. The molecule has 0 aliphatic carbocycles. The second-order valence-corrected chi connectivity index (χ2v) is 6.99. The van der Waals surface area contributed by atoms with E-state index in [1.165, 1.54) is 11.1 Å². The summed E-state index contributed by atoms with van der Waals surface area (Å²) in [5, 5.41) is 10.3. The smallest absolute Gasteiger partial charge is 0.242 e. The Bertz CT molecular complexity index is 812. The Morgan fingerprint density at radius 2 is 2.07 bits per heavy atom. The third kappa shape index (κ3) is 4.87.